The van der Waals surface area contributed by atoms with Crippen molar-refractivity contribution < 1.29 is 0 Å². The average Bonchev–Trinajstić information content (AvgIpc) is 2.49. The highest BCUT2D eigenvalue weighted by Gasteiger charge is 2.11. The molecule has 1 aromatic heterocycles. The van der Waals surface area contributed by atoms with Crippen LogP contribution < -0.4 is 5.56 Å². The Labute approximate surface area is 125 Å². The zero-order valence-electron chi connectivity index (χ0n) is 12.5. The highest BCUT2D eigenvalue weighted by atomic mass is 16.1. The fourth-order valence-corrected chi connectivity index (χ4v) is 2.50. The van der Waals surface area contributed by atoms with Crippen LogP contribution in [0.2, 0.25) is 0 Å². The fraction of sp³-hybridized carbons (Fsp3) is 0.333. The second-order valence-electron chi connectivity index (χ2n) is 5.48. The maximum atomic E-state index is 12.3. The Morgan fingerprint density at radius 2 is 1.86 bits per heavy atom. The molecule has 0 unspecified atom stereocenters. The summed E-state index contributed by atoms with van der Waals surface area (Å²) in [6, 6.07) is 15.7. The Morgan fingerprint density at radius 3 is 2.48 bits per heavy atom. The third-order valence-electron chi connectivity index (χ3n) is 3.61. The van der Waals surface area contributed by atoms with Crippen molar-refractivity contribution in [1.29, 1.82) is 5.26 Å². The van der Waals surface area contributed by atoms with Crippen molar-refractivity contribution in [1.82, 2.24) is 4.57 Å². The summed E-state index contributed by atoms with van der Waals surface area (Å²) >= 11 is 0. The molecule has 0 aliphatic carbocycles. The Hall–Kier alpha value is -2.34. The van der Waals surface area contributed by atoms with Crippen LogP contribution in [0, 0.1) is 11.3 Å². The SMILES string of the molecule is CC(C)c1ccc(C#N)c(=O)n1CCCc1ccccc1. The topological polar surface area (TPSA) is 45.8 Å². The molecule has 0 aliphatic rings. The van der Waals surface area contributed by atoms with E-state index in [1.165, 1.54) is 5.56 Å². The average molecular weight is 280 g/mol. The predicted molar refractivity (Wildman–Crippen MR) is 84.3 cm³/mol. The number of hydrogen-bond acceptors (Lipinski definition) is 2. The molecule has 0 saturated heterocycles. The lowest BCUT2D eigenvalue weighted by Gasteiger charge is -2.15. The van der Waals surface area contributed by atoms with E-state index < -0.39 is 0 Å². The van der Waals surface area contributed by atoms with E-state index in [-0.39, 0.29) is 17.0 Å². The van der Waals surface area contributed by atoms with Crippen molar-refractivity contribution in [2.75, 3.05) is 0 Å². The first-order valence-electron chi connectivity index (χ1n) is 7.31. The Morgan fingerprint density at radius 1 is 1.14 bits per heavy atom. The van der Waals surface area contributed by atoms with Gasteiger partial charge in [-0.3, -0.25) is 4.79 Å². The summed E-state index contributed by atoms with van der Waals surface area (Å²) < 4.78 is 1.76. The van der Waals surface area contributed by atoms with Crippen LogP contribution in [0.5, 0.6) is 0 Å². The molecule has 3 heteroatoms. The number of aromatic nitrogens is 1. The number of aryl methyl sites for hydroxylation is 1. The molecule has 0 bridgehead atoms. The van der Waals surface area contributed by atoms with E-state index in [2.05, 4.69) is 26.0 Å². The van der Waals surface area contributed by atoms with Gasteiger partial charge in [0, 0.05) is 12.2 Å². The second-order valence-corrected chi connectivity index (χ2v) is 5.48. The zero-order chi connectivity index (χ0) is 15.2. The summed E-state index contributed by atoms with van der Waals surface area (Å²) in [5.74, 6) is 0.266. The first kappa shape index (κ1) is 15.1. The molecular weight excluding hydrogens is 260 g/mol. The Balaban J connectivity index is 2.18. The summed E-state index contributed by atoms with van der Waals surface area (Å²) in [5.41, 5.74) is 2.32. The highest BCUT2D eigenvalue weighted by Crippen LogP contribution is 2.14. The molecule has 0 aliphatic heterocycles. The van der Waals surface area contributed by atoms with Crippen molar-refractivity contribution >= 4 is 0 Å². The van der Waals surface area contributed by atoms with E-state index in [1.807, 2.05) is 30.3 Å². The maximum absolute atomic E-state index is 12.3. The molecule has 0 spiro atoms. The van der Waals surface area contributed by atoms with Gasteiger partial charge in [0.05, 0.1) is 0 Å². The van der Waals surface area contributed by atoms with Crippen LogP contribution in [0.4, 0.5) is 0 Å². The van der Waals surface area contributed by atoms with Crippen LogP contribution in [0.3, 0.4) is 0 Å². The Kier molecular flexibility index (Phi) is 4.94. The van der Waals surface area contributed by atoms with Crippen LogP contribution >= 0.6 is 0 Å². The molecule has 3 nitrogen and oxygen atoms in total. The molecule has 0 saturated carbocycles. The van der Waals surface area contributed by atoms with Gasteiger partial charge in [0.2, 0.25) is 0 Å². The molecule has 0 N–H and O–H groups in total. The summed E-state index contributed by atoms with van der Waals surface area (Å²) in [6.07, 6.45) is 1.82. The number of pyridine rings is 1. The van der Waals surface area contributed by atoms with Crippen molar-refractivity contribution in [3.8, 4) is 6.07 Å². The van der Waals surface area contributed by atoms with Crippen molar-refractivity contribution in [2.45, 2.75) is 39.2 Å². The van der Waals surface area contributed by atoms with Crippen molar-refractivity contribution in [3.05, 3.63) is 69.6 Å². The van der Waals surface area contributed by atoms with E-state index in [4.69, 9.17) is 5.26 Å². The minimum atomic E-state index is -0.170. The zero-order valence-corrected chi connectivity index (χ0v) is 12.5. The molecule has 0 atom stereocenters. The van der Waals surface area contributed by atoms with E-state index in [0.717, 1.165) is 18.5 Å². The van der Waals surface area contributed by atoms with Crippen LogP contribution in [-0.4, -0.2) is 4.57 Å². The minimum Gasteiger partial charge on any atom is -0.311 e. The third kappa shape index (κ3) is 3.61. The van der Waals surface area contributed by atoms with Crippen LogP contribution in [0.25, 0.3) is 0 Å². The molecule has 0 fully saturated rings. The van der Waals surface area contributed by atoms with Gasteiger partial charge in [-0.2, -0.15) is 5.26 Å². The van der Waals surface area contributed by atoms with Gasteiger partial charge in [0.25, 0.3) is 5.56 Å². The monoisotopic (exact) mass is 280 g/mol. The van der Waals surface area contributed by atoms with E-state index in [9.17, 15) is 4.79 Å². The molecule has 0 amide bonds. The van der Waals surface area contributed by atoms with E-state index in [1.54, 1.807) is 10.6 Å². The van der Waals surface area contributed by atoms with Crippen molar-refractivity contribution in [2.24, 2.45) is 0 Å². The number of rotatable bonds is 5. The van der Waals surface area contributed by atoms with Gasteiger partial charge in [-0.15, -0.1) is 0 Å². The minimum absolute atomic E-state index is 0.170. The van der Waals surface area contributed by atoms with Gasteiger partial charge < -0.3 is 4.57 Å². The molecule has 2 rings (SSSR count). The van der Waals surface area contributed by atoms with Gasteiger partial charge >= 0.3 is 0 Å². The van der Waals surface area contributed by atoms with Crippen LogP contribution in [-0.2, 0) is 13.0 Å². The lowest BCUT2D eigenvalue weighted by molar-refractivity contribution is 0.575. The standard InChI is InChI=1S/C18H20N2O/c1-14(2)17-11-10-16(13-19)18(21)20(17)12-6-9-15-7-4-3-5-8-15/h3-5,7-8,10-11,14H,6,9,12H2,1-2H3. The number of benzene rings is 1. The van der Waals surface area contributed by atoms with Gasteiger partial charge in [0.1, 0.15) is 11.6 Å². The number of nitrogens with zero attached hydrogens (tertiary/aromatic N) is 2. The van der Waals surface area contributed by atoms with Crippen LogP contribution in [0.1, 0.15) is 43.0 Å². The lowest BCUT2D eigenvalue weighted by Crippen LogP contribution is -2.26. The molecule has 0 radical (unpaired) electrons. The Bertz CT molecular complexity index is 693. The van der Waals surface area contributed by atoms with Gasteiger partial charge in [-0.05, 0) is 36.5 Å². The first-order chi connectivity index (χ1) is 10.1. The smallest absolute Gasteiger partial charge is 0.268 e. The van der Waals surface area contributed by atoms with E-state index >= 15 is 0 Å². The first-order valence-corrected chi connectivity index (χ1v) is 7.31. The van der Waals surface area contributed by atoms with Crippen molar-refractivity contribution in [3.63, 3.8) is 0 Å². The quantitative estimate of drug-likeness (QED) is 0.841. The molecule has 2 aromatic rings. The second kappa shape index (κ2) is 6.90. The summed E-state index contributed by atoms with van der Waals surface area (Å²) in [5, 5.41) is 9.01. The third-order valence-corrected chi connectivity index (χ3v) is 3.61. The fourth-order valence-electron chi connectivity index (χ4n) is 2.50. The highest BCUT2D eigenvalue weighted by molar-refractivity contribution is 5.28. The van der Waals surface area contributed by atoms with Gasteiger partial charge in [-0.25, -0.2) is 0 Å². The summed E-state index contributed by atoms with van der Waals surface area (Å²) in [4.78, 5) is 12.3. The van der Waals surface area contributed by atoms with E-state index in [0.29, 0.717) is 6.54 Å². The predicted octanol–water partition coefficient (Wildman–Crippen LogP) is 3.48. The van der Waals surface area contributed by atoms with Gasteiger partial charge in [0.15, 0.2) is 0 Å². The molecule has 1 aromatic carbocycles. The largest absolute Gasteiger partial charge is 0.311 e. The molecule has 1 heterocycles. The summed E-state index contributed by atoms with van der Waals surface area (Å²) in [7, 11) is 0. The number of hydrogen-bond donors (Lipinski definition) is 0. The number of nitriles is 1. The summed E-state index contributed by atoms with van der Waals surface area (Å²) in [6.45, 7) is 4.78. The lowest BCUT2D eigenvalue weighted by atomic mass is 10.1. The van der Waals surface area contributed by atoms with Gasteiger partial charge in [-0.1, -0.05) is 44.2 Å². The molecule has 108 valence electrons. The maximum Gasteiger partial charge on any atom is 0.268 e. The normalized spacial score (nSPS) is 10.6. The molecular formula is C18H20N2O. The van der Waals surface area contributed by atoms with Crippen LogP contribution in [0.15, 0.2) is 47.3 Å². The molecule has 21 heavy (non-hydrogen) atoms.